The van der Waals surface area contributed by atoms with E-state index in [2.05, 4.69) is 10.1 Å². The quantitative estimate of drug-likeness (QED) is 0.690. The van der Waals surface area contributed by atoms with Gasteiger partial charge in [-0.25, -0.2) is 14.1 Å². The molecule has 3 nitrogen and oxygen atoms in total. The van der Waals surface area contributed by atoms with E-state index in [0.29, 0.717) is 0 Å². The summed E-state index contributed by atoms with van der Waals surface area (Å²) in [7, 11) is 0. The molecule has 0 aliphatic carbocycles. The van der Waals surface area contributed by atoms with E-state index in [1.807, 2.05) is 19.9 Å². The third kappa shape index (κ3) is 1.39. The molecule has 0 bridgehead atoms. The molecule has 0 unspecified atom stereocenters. The Kier molecular flexibility index (Phi) is 2.04. The Labute approximate surface area is 81.2 Å². The van der Waals surface area contributed by atoms with Crippen LogP contribution in [0.2, 0.25) is 0 Å². The molecule has 2 aromatic heterocycles. The minimum absolute atomic E-state index is 0.248. The highest BCUT2D eigenvalue weighted by Crippen LogP contribution is 2.12. The average molecular weight is 191 g/mol. The topological polar surface area (TPSA) is 30.7 Å². The van der Waals surface area contributed by atoms with E-state index in [4.69, 9.17) is 0 Å². The van der Waals surface area contributed by atoms with Crippen LogP contribution in [0.25, 0.3) is 5.82 Å². The lowest BCUT2D eigenvalue weighted by Crippen LogP contribution is -2.04. The zero-order valence-corrected chi connectivity index (χ0v) is 8.03. The van der Waals surface area contributed by atoms with Gasteiger partial charge in [0, 0.05) is 11.9 Å². The zero-order chi connectivity index (χ0) is 10.1. The van der Waals surface area contributed by atoms with Crippen molar-refractivity contribution in [3.8, 4) is 5.82 Å². The number of hydrogen-bond donors (Lipinski definition) is 0. The Morgan fingerprint density at radius 1 is 1.36 bits per heavy atom. The first kappa shape index (κ1) is 8.87. The Hall–Kier alpha value is -1.71. The van der Waals surface area contributed by atoms with Gasteiger partial charge in [0.05, 0.1) is 5.69 Å². The van der Waals surface area contributed by atoms with Gasteiger partial charge >= 0.3 is 0 Å². The number of aryl methyl sites for hydroxylation is 2. The Balaban J connectivity index is 2.60. The second-order valence-corrected chi connectivity index (χ2v) is 3.15. The van der Waals surface area contributed by atoms with Gasteiger partial charge in [-0.3, -0.25) is 0 Å². The molecule has 4 heteroatoms. The molecule has 72 valence electrons. The van der Waals surface area contributed by atoms with Crippen LogP contribution in [0.5, 0.6) is 0 Å². The van der Waals surface area contributed by atoms with Crippen LogP contribution in [0, 0.1) is 19.7 Å². The predicted octanol–water partition coefficient (Wildman–Crippen LogP) is 2.02. The van der Waals surface area contributed by atoms with Gasteiger partial charge in [-0.1, -0.05) is 0 Å². The Morgan fingerprint density at radius 2 is 2.14 bits per heavy atom. The molecule has 0 saturated carbocycles. The lowest BCUT2D eigenvalue weighted by atomic mass is 10.4. The number of halogens is 1. The van der Waals surface area contributed by atoms with Crippen molar-refractivity contribution in [3.63, 3.8) is 0 Å². The molecule has 0 aliphatic rings. The maximum atomic E-state index is 13.3. The highest BCUT2D eigenvalue weighted by molar-refractivity contribution is 5.26. The van der Waals surface area contributed by atoms with Crippen LogP contribution < -0.4 is 0 Å². The Bertz CT molecular complexity index is 462. The molecule has 0 spiro atoms. The van der Waals surface area contributed by atoms with Gasteiger partial charge in [0.15, 0.2) is 11.6 Å². The van der Waals surface area contributed by atoms with Crippen LogP contribution in [0.3, 0.4) is 0 Å². The lowest BCUT2D eigenvalue weighted by molar-refractivity contribution is 0.597. The van der Waals surface area contributed by atoms with E-state index in [9.17, 15) is 4.39 Å². The fourth-order valence-electron chi connectivity index (χ4n) is 1.38. The summed E-state index contributed by atoms with van der Waals surface area (Å²) < 4.78 is 14.8. The van der Waals surface area contributed by atoms with Crippen LogP contribution >= 0.6 is 0 Å². The number of hydrogen-bond acceptors (Lipinski definition) is 2. The molecule has 0 aliphatic heterocycles. The van der Waals surface area contributed by atoms with Crippen molar-refractivity contribution in [1.82, 2.24) is 14.8 Å². The van der Waals surface area contributed by atoms with E-state index < -0.39 is 0 Å². The molecular formula is C10H10FN3. The summed E-state index contributed by atoms with van der Waals surface area (Å²) in [4.78, 5) is 3.95. The number of pyridine rings is 1. The molecule has 0 amide bonds. The van der Waals surface area contributed by atoms with Gasteiger partial charge in [-0.05, 0) is 32.0 Å². The standard InChI is InChI=1S/C10H10FN3/c1-7-6-8(2)14(13-7)10-9(11)4-3-5-12-10/h3-6H,1-2H3. The summed E-state index contributed by atoms with van der Waals surface area (Å²) in [6.45, 7) is 3.73. The molecule has 0 saturated heterocycles. The summed E-state index contributed by atoms with van der Waals surface area (Å²) in [5, 5.41) is 4.16. The molecule has 0 fully saturated rings. The van der Waals surface area contributed by atoms with Crippen LogP contribution in [0.15, 0.2) is 24.4 Å². The SMILES string of the molecule is Cc1cc(C)n(-c2ncccc2F)n1. The first-order chi connectivity index (χ1) is 6.68. The summed E-state index contributed by atoms with van der Waals surface area (Å²) in [5.41, 5.74) is 1.73. The summed E-state index contributed by atoms with van der Waals surface area (Å²) in [6, 6.07) is 4.82. The van der Waals surface area contributed by atoms with Gasteiger partial charge in [0.25, 0.3) is 0 Å². The van der Waals surface area contributed by atoms with Gasteiger partial charge < -0.3 is 0 Å². The predicted molar refractivity (Wildman–Crippen MR) is 50.8 cm³/mol. The fraction of sp³-hybridized carbons (Fsp3) is 0.200. The molecular weight excluding hydrogens is 181 g/mol. The van der Waals surface area contributed by atoms with E-state index in [1.165, 1.54) is 10.7 Å². The second kappa shape index (κ2) is 3.21. The third-order valence-electron chi connectivity index (χ3n) is 1.95. The molecule has 2 aromatic rings. The van der Waals surface area contributed by atoms with Crippen molar-refractivity contribution in [2.24, 2.45) is 0 Å². The number of rotatable bonds is 1. The normalized spacial score (nSPS) is 10.5. The van der Waals surface area contributed by atoms with Crippen LogP contribution in [-0.4, -0.2) is 14.8 Å². The zero-order valence-electron chi connectivity index (χ0n) is 8.03. The maximum Gasteiger partial charge on any atom is 0.189 e. The number of nitrogens with zero attached hydrogens (tertiary/aromatic N) is 3. The number of aromatic nitrogens is 3. The smallest absolute Gasteiger partial charge is 0.189 e. The van der Waals surface area contributed by atoms with Crippen molar-refractivity contribution in [2.45, 2.75) is 13.8 Å². The van der Waals surface area contributed by atoms with Crippen LogP contribution in [0.4, 0.5) is 4.39 Å². The third-order valence-corrected chi connectivity index (χ3v) is 1.95. The van der Waals surface area contributed by atoms with E-state index in [0.717, 1.165) is 11.4 Å². The van der Waals surface area contributed by atoms with Crippen molar-refractivity contribution in [1.29, 1.82) is 0 Å². The van der Waals surface area contributed by atoms with Crippen molar-refractivity contribution in [3.05, 3.63) is 41.6 Å². The highest BCUT2D eigenvalue weighted by atomic mass is 19.1. The Morgan fingerprint density at radius 3 is 2.71 bits per heavy atom. The highest BCUT2D eigenvalue weighted by Gasteiger charge is 2.08. The van der Waals surface area contributed by atoms with Crippen molar-refractivity contribution >= 4 is 0 Å². The van der Waals surface area contributed by atoms with Crippen LogP contribution in [-0.2, 0) is 0 Å². The molecule has 0 radical (unpaired) electrons. The fourth-order valence-corrected chi connectivity index (χ4v) is 1.38. The van der Waals surface area contributed by atoms with Crippen molar-refractivity contribution in [2.75, 3.05) is 0 Å². The van der Waals surface area contributed by atoms with Gasteiger partial charge in [-0.15, -0.1) is 0 Å². The average Bonchev–Trinajstić information content (AvgIpc) is 2.46. The molecule has 2 heterocycles. The van der Waals surface area contributed by atoms with E-state index in [-0.39, 0.29) is 11.6 Å². The van der Waals surface area contributed by atoms with Gasteiger partial charge in [0.1, 0.15) is 0 Å². The molecule has 0 aromatic carbocycles. The van der Waals surface area contributed by atoms with Gasteiger partial charge in [0.2, 0.25) is 0 Å². The van der Waals surface area contributed by atoms with Crippen LogP contribution in [0.1, 0.15) is 11.4 Å². The summed E-state index contributed by atoms with van der Waals surface area (Å²) >= 11 is 0. The molecule has 0 atom stereocenters. The molecule has 2 rings (SSSR count). The largest absolute Gasteiger partial charge is 0.235 e. The van der Waals surface area contributed by atoms with E-state index in [1.54, 1.807) is 12.3 Å². The minimum atomic E-state index is -0.362. The summed E-state index contributed by atoms with van der Waals surface area (Å²) in [5.74, 6) is -0.114. The summed E-state index contributed by atoms with van der Waals surface area (Å²) in [6.07, 6.45) is 1.55. The monoisotopic (exact) mass is 191 g/mol. The molecule has 0 N–H and O–H groups in total. The lowest BCUT2D eigenvalue weighted by Gasteiger charge is -2.03. The maximum absolute atomic E-state index is 13.3. The second-order valence-electron chi connectivity index (χ2n) is 3.15. The minimum Gasteiger partial charge on any atom is -0.235 e. The first-order valence-electron chi connectivity index (χ1n) is 4.32. The van der Waals surface area contributed by atoms with E-state index >= 15 is 0 Å². The molecule has 14 heavy (non-hydrogen) atoms. The first-order valence-corrected chi connectivity index (χ1v) is 4.32. The van der Waals surface area contributed by atoms with Crippen molar-refractivity contribution < 1.29 is 4.39 Å². The van der Waals surface area contributed by atoms with Gasteiger partial charge in [-0.2, -0.15) is 5.10 Å².